The third-order valence-electron chi connectivity index (χ3n) is 4.34. The van der Waals surface area contributed by atoms with Gasteiger partial charge < -0.3 is 20.2 Å². The molecule has 0 saturated heterocycles. The lowest BCUT2D eigenvalue weighted by molar-refractivity contribution is 0.133. The first-order valence-corrected chi connectivity index (χ1v) is 8.97. The lowest BCUT2D eigenvalue weighted by atomic mass is 10.2. The van der Waals surface area contributed by atoms with Gasteiger partial charge in [-0.25, -0.2) is 4.79 Å². The van der Waals surface area contributed by atoms with Gasteiger partial charge in [-0.3, -0.25) is 4.68 Å². The van der Waals surface area contributed by atoms with Crippen LogP contribution in [-0.4, -0.2) is 57.9 Å². The fourth-order valence-corrected chi connectivity index (χ4v) is 3.08. The SMILES string of the molecule is CN(C)CC(O)c1cc2n(n1)CCN(C(=O)NCc1ccc(Cl)cc1)C2. The Morgan fingerprint density at radius 3 is 2.77 bits per heavy atom. The quantitative estimate of drug-likeness (QED) is 0.834. The van der Waals surface area contributed by atoms with Gasteiger partial charge in [-0.2, -0.15) is 5.10 Å². The first kappa shape index (κ1) is 18.7. The Bertz CT molecular complexity index is 759. The van der Waals surface area contributed by atoms with Gasteiger partial charge in [0.1, 0.15) is 6.10 Å². The molecular formula is C18H24ClN5O2. The summed E-state index contributed by atoms with van der Waals surface area (Å²) in [5.41, 5.74) is 2.58. The van der Waals surface area contributed by atoms with E-state index in [0.717, 1.165) is 11.3 Å². The van der Waals surface area contributed by atoms with Crippen LogP contribution in [0.3, 0.4) is 0 Å². The first-order valence-electron chi connectivity index (χ1n) is 8.59. The average Bonchev–Trinajstić information content (AvgIpc) is 3.04. The molecule has 2 heterocycles. The molecule has 7 nitrogen and oxygen atoms in total. The summed E-state index contributed by atoms with van der Waals surface area (Å²) in [7, 11) is 3.82. The maximum absolute atomic E-state index is 12.4. The van der Waals surface area contributed by atoms with Gasteiger partial charge in [0.25, 0.3) is 0 Å². The number of aliphatic hydroxyl groups is 1. The maximum atomic E-state index is 12.4. The number of nitrogens with zero attached hydrogens (tertiary/aromatic N) is 4. The molecule has 3 rings (SSSR count). The highest BCUT2D eigenvalue weighted by atomic mass is 35.5. The molecule has 8 heteroatoms. The zero-order valence-electron chi connectivity index (χ0n) is 15.0. The summed E-state index contributed by atoms with van der Waals surface area (Å²) in [6.07, 6.45) is -0.629. The number of halogens is 1. The Balaban J connectivity index is 1.58. The number of hydrogen-bond acceptors (Lipinski definition) is 4. The first-order chi connectivity index (χ1) is 12.4. The van der Waals surface area contributed by atoms with Crippen LogP contribution in [0.5, 0.6) is 0 Å². The van der Waals surface area contributed by atoms with Crippen molar-refractivity contribution in [2.24, 2.45) is 0 Å². The number of rotatable bonds is 5. The average molecular weight is 378 g/mol. The van der Waals surface area contributed by atoms with E-state index in [1.165, 1.54) is 0 Å². The van der Waals surface area contributed by atoms with Crippen molar-refractivity contribution in [1.82, 2.24) is 24.9 Å². The van der Waals surface area contributed by atoms with Crippen molar-refractivity contribution in [1.29, 1.82) is 0 Å². The van der Waals surface area contributed by atoms with E-state index in [4.69, 9.17) is 11.6 Å². The van der Waals surface area contributed by atoms with E-state index in [9.17, 15) is 9.90 Å². The molecule has 1 unspecified atom stereocenters. The number of likely N-dealkylation sites (N-methyl/N-ethyl adjacent to an activating group) is 1. The molecule has 1 aliphatic rings. The van der Waals surface area contributed by atoms with E-state index >= 15 is 0 Å². The number of aliphatic hydroxyl groups excluding tert-OH is 1. The summed E-state index contributed by atoms with van der Waals surface area (Å²) in [6.45, 7) is 2.66. The van der Waals surface area contributed by atoms with Gasteiger partial charge in [-0.05, 0) is 37.9 Å². The third-order valence-corrected chi connectivity index (χ3v) is 4.59. The molecule has 0 fully saturated rings. The molecule has 26 heavy (non-hydrogen) atoms. The Hall–Kier alpha value is -2.09. The van der Waals surface area contributed by atoms with Crippen LogP contribution in [-0.2, 0) is 19.6 Å². The molecule has 2 aromatic rings. The van der Waals surface area contributed by atoms with Crippen molar-refractivity contribution < 1.29 is 9.90 Å². The molecule has 0 saturated carbocycles. The Morgan fingerprint density at radius 1 is 1.35 bits per heavy atom. The van der Waals surface area contributed by atoms with Gasteiger partial charge in [0.05, 0.1) is 24.5 Å². The summed E-state index contributed by atoms with van der Waals surface area (Å²) in [4.78, 5) is 16.1. The molecule has 1 aromatic carbocycles. The van der Waals surface area contributed by atoms with Gasteiger partial charge >= 0.3 is 6.03 Å². The van der Waals surface area contributed by atoms with Crippen molar-refractivity contribution in [3.8, 4) is 0 Å². The molecule has 0 bridgehead atoms. The summed E-state index contributed by atoms with van der Waals surface area (Å²) in [6, 6.07) is 9.18. The van der Waals surface area contributed by atoms with E-state index in [1.54, 1.807) is 4.90 Å². The number of hydrogen-bond donors (Lipinski definition) is 2. The normalized spacial score (nSPS) is 15.0. The number of benzene rings is 1. The number of nitrogens with one attached hydrogen (secondary N) is 1. The largest absolute Gasteiger partial charge is 0.385 e. The van der Waals surface area contributed by atoms with Gasteiger partial charge in [0.2, 0.25) is 0 Å². The van der Waals surface area contributed by atoms with Crippen LogP contribution >= 0.6 is 11.6 Å². The van der Waals surface area contributed by atoms with E-state index in [-0.39, 0.29) is 6.03 Å². The minimum absolute atomic E-state index is 0.109. The van der Waals surface area contributed by atoms with Crippen molar-refractivity contribution in [2.45, 2.75) is 25.7 Å². The lowest BCUT2D eigenvalue weighted by Crippen LogP contribution is -2.43. The molecule has 2 amide bonds. The summed E-state index contributed by atoms with van der Waals surface area (Å²) < 4.78 is 1.87. The lowest BCUT2D eigenvalue weighted by Gasteiger charge is -2.27. The van der Waals surface area contributed by atoms with Crippen LogP contribution in [0.25, 0.3) is 0 Å². The number of amides is 2. The molecule has 140 valence electrons. The van der Waals surface area contributed by atoms with Gasteiger partial charge in [-0.1, -0.05) is 23.7 Å². The fourth-order valence-electron chi connectivity index (χ4n) is 2.96. The number of aromatic nitrogens is 2. The molecule has 1 atom stereocenters. The highest BCUT2D eigenvalue weighted by Crippen LogP contribution is 2.19. The Labute approximate surface area is 158 Å². The minimum Gasteiger partial charge on any atom is -0.385 e. The second kappa shape index (κ2) is 8.07. The molecule has 0 radical (unpaired) electrons. The van der Waals surface area contributed by atoms with E-state index in [0.29, 0.717) is 43.4 Å². The van der Waals surface area contributed by atoms with Crippen LogP contribution < -0.4 is 5.32 Å². The second-order valence-corrected chi connectivity index (χ2v) is 7.20. The van der Waals surface area contributed by atoms with Crippen LogP contribution in [0.1, 0.15) is 23.1 Å². The predicted octanol–water partition coefficient (Wildman–Crippen LogP) is 1.86. The molecular weight excluding hydrogens is 354 g/mol. The van der Waals surface area contributed by atoms with Crippen LogP contribution in [0.2, 0.25) is 5.02 Å². The Morgan fingerprint density at radius 2 is 2.08 bits per heavy atom. The van der Waals surface area contributed by atoms with E-state index in [1.807, 2.05) is 54.0 Å². The number of carbonyl (C=O) groups is 1. The highest BCUT2D eigenvalue weighted by molar-refractivity contribution is 6.30. The minimum atomic E-state index is -0.629. The van der Waals surface area contributed by atoms with Crippen LogP contribution in [0.4, 0.5) is 4.79 Å². The third kappa shape index (κ3) is 4.55. The number of fused-ring (bicyclic) bond motifs is 1. The molecule has 0 aliphatic carbocycles. The highest BCUT2D eigenvalue weighted by Gasteiger charge is 2.24. The van der Waals surface area contributed by atoms with Crippen molar-refractivity contribution >= 4 is 17.6 Å². The van der Waals surface area contributed by atoms with E-state index in [2.05, 4.69) is 10.4 Å². The molecule has 2 N–H and O–H groups in total. The second-order valence-electron chi connectivity index (χ2n) is 6.77. The van der Waals surface area contributed by atoms with Crippen LogP contribution in [0.15, 0.2) is 30.3 Å². The summed E-state index contributed by atoms with van der Waals surface area (Å²) in [5, 5.41) is 18.3. The number of urea groups is 1. The van der Waals surface area contributed by atoms with Crippen molar-refractivity contribution in [3.05, 3.63) is 52.3 Å². The van der Waals surface area contributed by atoms with Crippen molar-refractivity contribution in [3.63, 3.8) is 0 Å². The summed E-state index contributed by atoms with van der Waals surface area (Å²) >= 11 is 5.87. The monoisotopic (exact) mass is 377 g/mol. The zero-order valence-corrected chi connectivity index (χ0v) is 15.8. The zero-order chi connectivity index (χ0) is 18.7. The molecule has 0 spiro atoms. The Kier molecular flexibility index (Phi) is 5.80. The molecule has 1 aliphatic heterocycles. The van der Waals surface area contributed by atoms with Gasteiger partial charge in [-0.15, -0.1) is 0 Å². The summed E-state index contributed by atoms with van der Waals surface area (Å²) in [5.74, 6) is 0. The maximum Gasteiger partial charge on any atom is 0.318 e. The molecule has 1 aromatic heterocycles. The van der Waals surface area contributed by atoms with Gasteiger partial charge in [0, 0.05) is 24.7 Å². The van der Waals surface area contributed by atoms with Crippen molar-refractivity contribution in [2.75, 3.05) is 27.2 Å². The van der Waals surface area contributed by atoms with E-state index < -0.39 is 6.10 Å². The number of carbonyl (C=O) groups excluding carboxylic acids is 1. The van der Waals surface area contributed by atoms with Crippen LogP contribution in [0, 0.1) is 0 Å². The smallest absolute Gasteiger partial charge is 0.318 e. The predicted molar refractivity (Wildman–Crippen MR) is 99.8 cm³/mol. The topological polar surface area (TPSA) is 73.6 Å². The standard InChI is InChI=1S/C18H24ClN5O2/c1-22(2)12-17(25)16-9-15-11-23(7-8-24(15)21-16)18(26)20-10-13-3-5-14(19)6-4-13/h3-6,9,17,25H,7-8,10-12H2,1-2H3,(H,20,26). The van der Waals surface area contributed by atoms with Gasteiger partial charge in [0.15, 0.2) is 0 Å². The fraction of sp³-hybridized carbons (Fsp3) is 0.444.